The van der Waals surface area contributed by atoms with Crippen LogP contribution in [0.3, 0.4) is 0 Å². The summed E-state index contributed by atoms with van der Waals surface area (Å²) in [5, 5.41) is 2.53. The normalized spacial score (nSPS) is 13.5. The molecule has 74 valence electrons. The molecule has 0 radical (unpaired) electrons. The van der Waals surface area contributed by atoms with Gasteiger partial charge in [-0.25, -0.2) is 9.98 Å². The fourth-order valence-electron chi connectivity index (χ4n) is 0.825. The van der Waals surface area contributed by atoms with Crippen molar-refractivity contribution < 1.29 is 4.79 Å². The van der Waals surface area contributed by atoms with E-state index in [2.05, 4.69) is 22.0 Å². The molecule has 3 N–H and O–H groups in total. The first-order valence-corrected chi connectivity index (χ1v) is 4.14. The number of hydrogen-bond donors (Lipinski definition) is 2. The number of carbonyl (C=O) groups excluding carboxylic acids is 1. The summed E-state index contributed by atoms with van der Waals surface area (Å²) < 4.78 is 0. The van der Waals surface area contributed by atoms with Gasteiger partial charge in [-0.1, -0.05) is 6.92 Å². The van der Waals surface area contributed by atoms with Crippen molar-refractivity contribution in [2.75, 3.05) is 7.05 Å². The van der Waals surface area contributed by atoms with E-state index in [1.165, 1.54) is 0 Å². The summed E-state index contributed by atoms with van der Waals surface area (Å²) in [6, 6.07) is -0.106. The zero-order valence-electron chi connectivity index (χ0n) is 8.08. The number of guanidine groups is 1. The number of amides is 1. The molecule has 0 aromatic carbocycles. The topological polar surface area (TPSA) is 79.8 Å². The minimum Gasteiger partial charge on any atom is -0.368 e. The monoisotopic (exact) mass is 184 g/mol. The second-order valence-corrected chi connectivity index (χ2v) is 2.58. The molecule has 0 aliphatic carbocycles. The van der Waals surface area contributed by atoms with E-state index in [-0.39, 0.29) is 17.9 Å². The van der Waals surface area contributed by atoms with Crippen molar-refractivity contribution in [2.45, 2.75) is 25.8 Å². The van der Waals surface area contributed by atoms with Crippen molar-refractivity contribution >= 4 is 18.6 Å². The van der Waals surface area contributed by atoms with Crippen LogP contribution in [0.4, 0.5) is 0 Å². The van der Waals surface area contributed by atoms with Gasteiger partial charge in [0.15, 0.2) is 0 Å². The average molecular weight is 184 g/mol. The second kappa shape index (κ2) is 6.16. The average Bonchev–Trinajstić information content (AvgIpc) is 2.16. The molecule has 0 aliphatic rings. The maximum atomic E-state index is 11.0. The molecule has 1 amide bonds. The number of nitrogens with one attached hydrogen (secondary N) is 1. The van der Waals surface area contributed by atoms with E-state index in [0.717, 1.165) is 6.42 Å². The summed E-state index contributed by atoms with van der Waals surface area (Å²) in [5.41, 5.74) is 5.36. The van der Waals surface area contributed by atoms with Crippen molar-refractivity contribution in [3.63, 3.8) is 0 Å². The predicted molar refractivity (Wildman–Crippen MR) is 53.9 cm³/mol. The smallest absolute Gasteiger partial charge is 0.221 e. The highest BCUT2D eigenvalue weighted by Crippen LogP contribution is 2.02. The van der Waals surface area contributed by atoms with Gasteiger partial charge < -0.3 is 11.1 Å². The van der Waals surface area contributed by atoms with E-state index in [0.29, 0.717) is 6.42 Å². The van der Waals surface area contributed by atoms with Crippen LogP contribution in [-0.4, -0.2) is 31.7 Å². The Morgan fingerprint density at radius 2 is 2.31 bits per heavy atom. The van der Waals surface area contributed by atoms with Gasteiger partial charge in [-0.05, 0) is 13.1 Å². The van der Waals surface area contributed by atoms with Crippen LogP contribution in [0.5, 0.6) is 0 Å². The lowest BCUT2D eigenvalue weighted by molar-refractivity contribution is -0.120. The van der Waals surface area contributed by atoms with Crippen LogP contribution in [0.2, 0.25) is 0 Å². The summed E-state index contributed by atoms with van der Waals surface area (Å²) >= 11 is 0. The highest BCUT2D eigenvalue weighted by atomic mass is 16.1. The molecule has 0 fully saturated rings. The zero-order chi connectivity index (χ0) is 10.3. The van der Waals surface area contributed by atoms with E-state index in [1.54, 1.807) is 7.05 Å². The summed E-state index contributed by atoms with van der Waals surface area (Å²) in [6.07, 6.45) is 1.09. The molecule has 0 aromatic rings. The Labute approximate surface area is 78.1 Å². The SMILES string of the molecule is C=NC(N)=NC(CC)CC(=O)NC. The van der Waals surface area contributed by atoms with Crippen LogP contribution in [0.15, 0.2) is 9.98 Å². The summed E-state index contributed by atoms with van der Waals surface area (Å²) in [6.45, 7) is 5.18. The van der Waals surface area contributed by atoms with Crippen molar-refractivity contribution in [3.8, 4) is 0 Å². The molecule has 0 bridgehead atoms. The molecule has 5 heteroatoms. The largest absolute Gasteiger partial charge is 0.368 e. The van der Waals surface area contributed by atoms with E-state index in [4.69, 9.17) is 5.73 Å². The number of rotatable bonds is 4. The molecule has 5 nitrogen and oxygen atoms in total. The molecule has 0 rings (SSSR count). The molecule has 1 unspecified atom stereocenters. The van der Waals surface area contributed by atoms with E-state index >= 15 is 0 Å². The Kier molecular flexibility index (Phi) is 5.50. The highest BCUT2D eigenvalue weighted by molar-refractivity contribution is 5.83. The van der Waals surface area contributed by atoms with Crippen molar-refractivity contribution in [1.29, 1.82) is 0 Å². The fourth-order valence-corrected chi connectivity index (χ4v) is 0.825. The van der Waals surface area contributed by atoms with Crippen LogP contribution in [0.25, 0.3) is 0 Å². The number of hydrogen-bond acceptors (Lipinski definition) is 2. The van der Waals surface area contributed by atoms with Gasteiger partial charge in [0.25, 0.3) is 0 Å². The van der Waals surface area contributed by atoms with Crippen molar-refractivity contribution in [1.82, 2.24) is 5.32 Å². The third-order valence-electron chi connectivity index (χ3n) is 1.65. The Balaban J connectivity index is 4.18. The minimum atomic E-state index is -0.106. The molecule has 0 saturated heterocycles. The van der Waals surface area contributed by atoms with Gasteiger partial charge in [-0.15, -0.1) is 0 Å². The third-order valence-corrected chi connectivity index (χ3v) is 1.65. The summed E-state index contributed by atoms with van der Waals surface area (Å²) in [7, 11) is 1.59. The van der Waals surface area contributed by atoms with Crippen molar-refractivity contribution in [2.24, 2.45) is 15.7 Å². The van der Waals surface area contributed by atoms with Gasteiger partial charge in [-0.3, -0.25) is 4.79 Å². The van der Waals surface area contributed by atoms with Gasteiger partial charge in [-0.2, -0.15) is 0 Å². The van der Waals surface area contributed by atoms with Crippen LogP contribution in [0.1, 0.15) is 19.8 Å². The molecule has 0 saturated carbocycles. The standard InChI is InChI=1S/C8H16N4O/c1-4-6(5-7(13)10-2)12-8(9)11-3/h6H,3-5H2,1-2H3,(H2,9,12)(H,10,13). The molecule has 13 heavy (non-hydrogen) atoms. The van der Waals surface area contributed by atoms with Crippen LogP contribution in [0, 0.1) is 0 Å². The molecule has 0 aliphatic heterocycles. The first-order chi connectivity index (χ1) is 6.13. The molecule has 0 spiro atoms. The third kappa shape index (κ3) is 4.95. The lowest BCUT2D eigenvalue weighted by Crippen LogP contribution is -2.24. The van der Waals surface area contributed by atoms with Crippen molar-refractivity contribution in [3.05, 3.63) is 0 Å². The highest BCUT2D eigenvalue weighted by Gasteiger charge is 2.09. The number of nitrogens with two attached hydrogens (primary N) is 1. The maximum Gasteiger partial charge on any atom is 0.221 e. The van der Waals surface area contributed by atoms with Gasteiger partial charge in [0.05, 0.1) is 6.04 Å². The van der Waals surface area contributed by atoms with E-state index in [9.17, 15) is 4.79 Å². The minimum absolute atomic E-state index is 0.0486. The molecular weight excluding hydrogens is 168 g/mol. The van der Waals surface area contributed by atoms with E-state index < -0.39 is 0 Å². The Hall–Kier alpha value is -1.39. The van der Waals surface area contributed by atoms with E-state index in [1.807, 2.05) is 6.92 Å². The maximum absolute atomic E-state index is 11.0. The van der Waals surface area contributed by atoms with Gasteiger partial charge >= 0.3 is 0 Å². The fraction of sp³-hybridized carbons (Fsp3) is 0.625. The quantitative estimate of drug-likeness (QED) is 0.473. The van der Waals surface area contributed by atoms with Gasteiger partial charge in [0.1, 0.15) is 0 Å². The Morgan fingerprint density at radius 3 is 2.69 bits per heavy atom. The first-order valence-electron chi connectivity index (χ1n) is 4.14. The lowest BCUT2D eigenvalue weighted by atomic mass is 10.1. The Morgan fingerprint density at radius 1 is 1.69 bits per heavy atom. The number of nitrogens with zero attached hydrogens (tertiary/aromatic N) is 2. The zero-order valence-corrected chi connectivity index (χ0v) is 8.08. The Bertz CT molecular complexity index is 212. The lowest BCUT2D eigenvalue weighted by Gasteiger charge is -2.08. The van der Waals surface area contributed by atoms with Gasteiger partial charge in [0, 0.05) is 13.5 Å². The van der Waals surface area contributed by atoms with Gasteiger partial charge in [0.2, 0.25) is 11.9 Å². The molecule has 0 aromatic heterocycles. The van der Waals surface area contributed by atoms with Crippen LogP contribution in [-0.2, 0) is 4.79 Å². The number of carbonyl (C=O) groups is 1. The molecule has 0 heterocycles. The number of aliphatic imine (C=N–C) groups is 2. The molecule has 1 atom stereocenters. The van der Waals surface area contributed by atoms with Crippen LogP contribution < -0.4 is 11.1 Å². The molecular formula is C8H16N4O. The predicted octanol–water partition coefficient (Wildman–Crippen LogP) is -0.0836. The van der Waals surface area contributed by atoms with Crippen LogP contribution >= 0.6 is 0 Å². The summed E-state index contributed by atoms with van der Waals surface area (Å²) in [5.74, 6) is 0.0863. The first kappa shape index (κ1) is 11.6. The summed E-state index contributed by atoms with van der Waals surface area (Å²) in [4.78, 5) is 18.4. The second-order valence-electron chi connectivity index (χ2n) is 2.58.